The number of carbonyl (C=O) groups excluding carboxylic acids is 2. The maximum Gasteiger partial charge on any atom is 0.230 e. The number of rotatable bonds is 8. The molecule has 0 radical (unpaired) electrons. The van der Waals surface area contributed by atoms with Crippen molar-refractivity contribution in [1.82, 2.24) is 10.2 Å². The average molecular weight is 335 g/mol. The zero-order valence-corrected chi connectivity index (χ0v) is 14.2. The van der Waals surface area contributed by atoms with E-state index in [1.807, 2.05) is 6.07 Å². The van der Waals surface area contributed by atoms with E-state index >= 15 is 0 Å². The summed E-state index contributed by atoms with van der Waals surface area (Å²) >= 11 is 1.26. The third-order valence-corrected chi connectivity index (χ3v) is 4.94. The van der Waals surface area contributed by atoms with Crippen LogP contribution in [0.5, 0.6) is 0 Å². The molecule has 0 aliphatic carbocycles. The van der Waals surface area contributed by atoms with Crippen LogP contribution in [0.15, 0.2) is 30.3 Å². The van der Waals surface area contributed by atoms with E-state index in [4.69, 9.17) is 5.73 Å². The van der Waals surface area contributed by atoms with Gasteiger partial charge in [-0.05, 0) is 24.9 Å². The standard InChI is InChI=1S/C17H25N3O2S/c18-16(21)12-23-13-17(22)19-10-15-8-4-5-9-20(15)11-14-6-2-1-3-7-14/h1-3,6-7,15H,4-5,8-13H2,(H2,18,21)(H,19,22). The summed E-state index contributed by atoms with van der Waals surface area (Å²) in [6.07, 6.45) is 3.54. The lowest BCUT2D eigenvalue weighted by Crippen LogP contribution is -2.46. The highest BCUT2D eigenvalue weighted by atomic mass is 32.2. The third-order valence-electron chi connectivity index (χ3n) is 3.99. The Kier molecular flexibility index (Phi) is 7.42. The van der Waals surface area contributed by atoms with Gasteiger partial charge in [-0.1, -0.05) is 36.8 Å². The Labute approximate surface area is 142 Å². The van der Waals surface area contributed by atoms with Crippen LogP contribution in [0.25, 0.3) is 0 Å². The van der Waals surface area contributed by atoms with Crippen LogP contribution in [0.4, 0.5) is 0 Å². The maximum absolute atomic E-state index is 11.8. The van der Waals surface area contributed by atoms with Crippen LogP contribution >= 0.6 is 11.8 Å². The fourth-order valence-electron chi connectivity index (χ4n) is 2.84. The lowest BCUT2D eigenvalue weighted by atomic mass is 10.0. The van der Waals surface area contributed by atoms with E-state index in [-0.39, 0.29) is 23.3 Å². The Bertz CT molecular complexity index is 510. The molecule has 1 fully saturated rings. The number of thioether (sulfide) groups is 1. The number of carbonyl (C=O) groups is 2. The third kappa shape index (κ3) is 6.62. The summed E-state index contributed by atoms with van der Waals surface area (Å²) in [5, 5.41) is 2.99. The summed E-state index contributed by atoms with van der Waals surface area (Å²) in [5.74, 6) is 0.0660. The van der Waals surface area contributed by atoms with Crippen molar-refractivity contribution in [2.45, 2.75) is 31.8 Å². The van der Waals surface area contributed by atoms with Gasteiger partial charge in [0.2, 0.25) is 11.8 Å². The molecule has 1 heterocycles. The monoisotopic (exact) mass is 335 g/mol. The first-order chi connectivity index (χ1) is 11.1. The van der Waals surface area contributed by atoms with Crippen molar-refractivity contribution in [1.29, 1.82) is 0 Å². The van der Waals surface area contributed by atoms with Crippen molar-refractivity contribution < 1.29 is 9.59 Å². The van der Waals surface area contributed by atoms with E-state index in [2.05, 4.69) is 34.5 Å². The first kappa shape index (κ1) is 17.8. The van der Waals surface area contributed by atoms with Gasteiger partial charge in [-0.15, -0.1) is 11.8 Å². The summed E-state index contributed by atoms with van der Waals surface area (Å²) in [5.41, 5.74) is 6.37. The Morgan fingerprint density at radius 1 is 1.22 bits per heavy atom. The van der Waals surface area contributed by atoms with Gasteiger partial charge in [0.1, 0.15) is 0 Å². The molecule has 3 N–H and O–H groups in total. The first-order valence-corrected chi connectivity index (χ1v) is 9.21. The SMILES string of the molecule is NC(=O)CSCC(=O)NCC1CCCCN1Cc1ccccc1. The minimum atomic E-state index is -0.385. The number of piperidine rings is 1. The quantitative estimate of drug-likeness (QED) is 0.752. The molecule has 0 aromatic heterocycles. The Morgan fingerprint density at radius 2 is 2.00 bits per heavy atom. The second kappa shape index (κ2) is 9.57. The molecular formula is C17H25N3O2S. The second-order valence-electron chi connectivity index (χ2n) is 5.87. The van der Waals surface area contributed by atoms with Crippen molar-refractivity contribution in [3.63, 3.8) is 0 Å². The van der Waals surface area contributed by atoms with E-state index in [9.17, 15) is 9.59 Å². The summed E-state index contributed by atoms with van der Waals surface area (Å²) in [6, 6.07) is 10.8. The van der Waals surface area contributed by atoms with Gasteiger partial charge < -0.3 is 11.1 Å². The highest BCUT2D eigenvalue weighted by molar-refractivity contribution is 8.00. The lowest BCUT2D eigenvalue weighted by Gasteiger charge is -2.35. The minimum Gasteiger partial charge on any atom is -0.369 e. The van der Waals surface area contributed by atoms with Gasteiger partial charge in [-0.2, -0.15) is 0 Å². The summed E-state index contributed by atoms with van der Waals surface area (Å²) in [6.45, 7) is 2.67. The average Bonchev–Trinajstić information content (AvgIpc) is 2.55. The van der Waals surface area contributed by atoms with E-state index < -0.39 is 0 Å². The molecule has 1 aliphatic heterocycles. The predicted molar refractivity (Wildman–Crippen MR) is 94.0 cm³/mol. The van der Waals surface area contributed by atoms with Crippen molar-refractivity contribution in [2.75, 3.05) is 24.6 Å². The predicted octanol–water partition coefficient (Wildman–Crippen LogP) is 1.38. The molecule has 1 aromatic carbocycles. The fourth-order valence-corrected chi connectivity index (χ4v) is 3.43. The Hall–Kier alpha value is -1.53. The molecule has 1 atom stereocenters. The van der Waals surface area contributed by atoms with Gasteiger partial charge in [0.25, 0.3) is 0 Å². The number of nitrogens with two attached hydrogens (primary N) is 1. The molecule has 0 spiro atoms. The number of nitrogens with zero attached hydrogens (tertiary/aromatic N) is 1. The molecule has 5 nitrogen and oxygen atoms in total. The molecular weight excluding hydrogens is 310 g/mol. The smallest absolute Gasteiger partial charge is 0.230 e. The van der Waals surface area contributed by atoms with Crippen LogP contribution in [-0.2, 0) is 16.1 Å². The zero-order valence-electron chi connectivity index (χ0n) is 13.4. The van der Waals surface area contributed by atoms with E-state index in [0.29, 0.717) is 12.6 Å². The van der Waals surface area contributed by atoms with Crippen molar-refractivity contribution >= 4 is 23.6 Å². The maximum atomic E-state index is 11.8. The number of benzene rings is 1. The van der Waals surface area contributed by atoms with Gasteiger partial charge >= 0.3 is 0 Å². The number of primary amides is 1. The zero-order chi connectivity index (χ0) is 16.5. The van der Waals surface area contributed by atoms with Crippen LogP contribution in [-0.4, -0.2) is 47.4 Å². The molecule has 23 heavy (non-hydrogen) atoms. The molecule has 2 rings (SSSR count). The first-order valence-electron chi connectivity index (χ1n) is 8.06. The highest BCUT2D eigenvalue weighted by Crippen LogP contribution is 2.19. The number of nitrogens with one attached hydrogen (secondary N) is 1. The van der Waals surface area contributed by atoms with Gasteiger partial charge in [0, 0.05) is 19.1 Å². The van der Waals surface area contributed by atoms with Crippen LogP contribution in [0.3, 0.4) is 0 Å². The molecule has 1 aliphatic rings. The van der Waals surface area contributed by atoms with E-state index in [1.165, 1.54) is 30.2 Å². The van der Waals surface area contributed by atoms with Crippen LogP contribution in [0.1, 0.15) is 24.8 Å². The molecule has 6 heteroatoms. The van der Waals surface area contributed by atoms with Crippen LogP contribution < -0.4 is 11.1 Å². The van der Waals surface area contributed by atoms with Crippen molar-refractivity contribution in [3.8, 4) is 0 Å². The van der Waals surface area contributed by atoms with E-state index in [0.717, 1.165) is 19.5 Å². The molecule has 2 amide bonds. The van der Waals surface area contributed by atoms with Gasteiger partial charge in [-0.25, -0.2) is 0 Å². The minimum absolute atomic E-state index is 0.0264. The number of likely N-dealkylation sites (tertiary alicyclic amines) is 1. The molecule has 126 valence electrons. The molecule has 1 saturated heterocycles. The molecule has 0 saturated carbocycles. The van der Waals surface area contributed by atoms with Crippen LogP contribution in [0, 0.1) is 0 Å². The summed E-state index contributed by atoms with van der Waals surface area (Å²) < 4.78 is 0. The van der Waals surface area contributed by atoms with Gasteiger partial charge in [0.05, 0.1) is 11.5 Å². The molecule has 1 aromatic rings. The molecule has 1 unspecified atom stereocenters. The van der Waals surface area contributed by atoms with Crippen molar-refractivity contribution in [2.24, 2.45) is 5.73 Å². The number of hydrogen-bond donors (Lipinski definition) is 2. The largest absolute Gasteiger partial charge is 0.369 e. The Morgan fingerprint density at radius 3 is 2.74 bits per heavy atom. The number of amides is 2. The normalized spacial score (nSPS) is 18.5. The van der Waals surface area contributed by atoms with Crippen molar-refractivity contribution in [3.05, 3.63) is 35.9 Å². The number of hydrogen-bond acceptors (Lipinski definition) is 4. The topological polar surface area (TPSA) is 75.4 Å². The fraction of sp³-hybridized carbons (Fsp3) is 0.529. The van der Waals surface area contributed by atoms with Crippen LogP contribution in [0.2, 0.25) is 0 Å². The summed E-state index contributed by atoms with van der Waals surface area (Å²) in [4.78, 5) is 24.9. The second-order valence-corrected chi connectivity index (χ2v) is 6.85. The van der Waals surface area contributed by atoms with Gasteiger partial charge in [0.15, 0.2) is 0 Å². The molecule has 0 bridgehead atoms. The van der Waals surface area contributed by atoms with E-state index in [1.54, 1.807) is 0 Å². The van der Waals surface area contributed by atoms with Gasteiger partial charge in [-0.3, -0.25) is 14.5 Å². The lowest BCUT2D eigenvalue weighted by molar-refractivity contribution is -0.118. The Balaban J connectivity index is 1.77. The highest BCUT2D eigenvalue weighted by Gasteiger charge is 2.22. The summed E-state index contributed by atoms with van der Waals surface area (Å²) in [7, 11) is 0.